The summed E-state index contributed by atoms with van der Waals surface area (Å²) in [5.41, 5.74) is 3.81. The highest BCUT2D eigenvalue weighted by Gasteiger charge is 2.29. The van der Waals surface area contributed by atoms with Crippen LogP contribution in [0.2, 0.25) is 0 Å². The summed E-state index contributed by atoms with van der Waals surface area (Å²) in [6, 6.07) is 0.0274. The SMILES string of the molecule is CC(N)CSCC(C)(O)C(=O)O. The number of aliphatic hydroxyl groups is 1. The molecule has 0 heterocycles. The Hall–Kier alpha value is -0.260. The van der Waals surface area contributed by atoms with Crippen molar-refractivity contribution in [2.24, 2.45) is 5.73 Å². The Bertz CT molecular complexity index is 159. The first-order valence-electron chi connectivity index (χ1n) is 3.65. The van der Waals surface area contributed by atoms with E-state index in [4.69, 9.17) is 10.8 Å². The molecule has 0 rings (SSSR count). The van der Waals surface area contributed by atoms with Crippen LogP contribution in [0.25, 0.3) is 0 Å². The Morgan fingerprint density at radius 3 is 2.58 bits per heavy atom. The first-order valence-corrected chi connectivity index (χ1v) is 4.81. The number of carboxylic acid groups (broad SMARTS) is 1. The number of nitrogens with two attached hydrogens (primary N) is 1. The Morgan fingerprint density at radius 2 is 2.25 bits per heavy atom. The molecule has 12 heavy (non-hydrogen) atoms. The van der Waals surface area contributed by atoms with Crippen molar-refractivity contribution in [1.29, 1.82) is 0 Å². The summed E-state index contributed by atoms with van der Waals surface area (Å²) >= 11 is 1.34. The zero-order valence-electron chi connectivity index (χ0n) is 7.28. The van der Waals surface area contributed by atoms with Crippen LogP contribution in [-0.2, 0) is 4.79 Å². The predicted molar refractivity (Wildman–Crippen MR) is 49.2 cm³/mol. The zero-order chi connectivity index (χ0) is 9.78. The molecule has 5 heteroatoms. The normalized spacial score (nSPS) is 18.3. The van der Waals surface area contributed by atoms with Crippen LogP contribution in [-0.4, -0.2) is 39.3 Å². The van der Waals surface area contributed by atoms with Gasteiger partial charge >= 0.3 is 5.97 Å². The third-order valence-corrected chi connectivity index (χ3v) is 2.75. The first-order chi connectivity index (χ1) is 5.36. The van der Waals surface area contributed by atoms with Crippen molar-refractivity contribution >= 4 is 17.7 Å². The second kappa shape index (κ2) is 4.69. The molecule has 0 bridgehead atoms. The molecule has 4 nitrogen and oxygen atoms in total. The van der Waals surface area contributed by atoms with Crippen LogP contribution in [0.5, 0.6) is 0 Å². The van der Waals surface area contributed by atoms with Crippen molar-refractivity contribution in [1.82, 2.24) is 0 Å². The summed E-state index contributed by atoms with van der Waals surface area (Å²) in [6.07, 6.45) is 0. The van der Waals surface area contributed by atoms with Crippen molar-refractivity contribution in [2.75, 3.05) is 11.5 Å². The fourth-order valence-electron chi connectivity index (χ4n) is 0.505. The molecule has 0 radical (unpaired) electrons. The fraction of sp³-hybridized carbons (Fsp3) is 0.857. The number of aliphatic carboxylic acids is 1. The molecule has 4 N–H and O–H groups in total. The van der Waals surface area contributed by atoms with Gasteiger partial charge in [0.1, 0.15) is 0 Å². The van der Waals surface area contributed by atoms with Gasteiger partial charge in [0.2, 0.25) is 0 Å². The molecule has 72 valence electrons. The lowest BCUT2D eigenvalue weighted by atomic mass is 10.1. The Balaban J connectivity index is 3.69. The van der Waals surface area contributed by atoms with Gasteiger partial charge in [-0.2, -0.15) is 11.8 Å². The minimum atomic E-state index is -1.64. The molecule has 0 aromatic rings. The number of hydrogen-bond donors (Lipinski definition) is 3. The van der Waals surface area contributed by atoms with Gasteiger partial charge in [-0.05, 0) is 13.8 Å². The number of carboxylic acids is 1. The maximum absolute atomic E-state index is 10.4. The van der Waals surface area contributed by atoms with Crippen LogP contribution >= 0.6 is 11.8 Å². The van der Waals surface area contributed by atoms with E-state index < -0.39 is 11.6 Å². The zero-order valence-corrected chi connectivity index (χ0v) is 8.10. The lowest BCUT2D eigenvalue weighted by molar-refractivity contribution is -0.154. The number of carbonyl (C=O) groups is 1. The quantitative estimate of drug-likeness (QED) is 0.568. The summed E-state index contributed by atoms with van der Waals surface area (Å²) in [5, 5.41) is 17.8. The molecule has 0 fully saturated rings. The Labute approximate surface area is 76.1 Å². The third kappa shape index (κ3) is 4.58. The monoisotopic (exact) mass is 193 g/mol. The fourth-order valence-corrected chi connectivity index (χ4v) is 1.52. The van der Waals surface area contributed by atoms with Crippen LogP contribution < -0.4 is 5.73 Å². The summed E-state index contributed by atoms with van der Waals surface area (Å²) in [5.74, 6) is -0.368. The maximum atomic E-state index is 10.4. The summed E-state index contributed by atoms with van der Waals surface area (Å²) < 4.78 is 0. The number of hydrogen-bond acceptors (Lipinski definition) is 4. The van der Waals surface area contributed by atoms with Crippen LogP contribution in [0.4, 0.5) is 0 Å². The molecular formula is C7H15NO3S. The topological polar surface area (TPSA) is 83.5 Å². The first kappa shape index (κ1) is 11.7. The van der Waals surface area contributed by atoms with Crippen molar-refractivity contribution in [3.8, 4) is 0 Å². The van der Waals surface area contributed by atoms with E-state index in [1.54, 1.807) is 0 Å². The van der Waals surface area contributed by atoms with E-state index in [9.17, 15) is 9.90 Å². The highest BCUT2D eigenvalue weighted by Crippen LogP contribution is 2.13. The second-order valence-corrected chi connectivity index (χ2v) is 4.10. The van der Waals surface area contributed by atoms with Gasteiger partial charge in [0.25, 0.3) is 0 Å². The van der Waals surface area contributed by atoms with Gasteiger partial charge in [0, 0.05) is 17.5 Å². The van der Waals surface area contributed by atoms with Gasteiger partial charge < -0.3 is 15.9 Å². The molecule has 0 amide bonds. The maximum Gasteiger partial charge on any atom is 0.336 e. The average molecular weight is 193 g/mol. The van der Waals surface area contributed by atoms with E-state index in [0.717, 1.165) is 0 Å². The van der Waals surface area contributed by atoms with Gasteiger partial charge in [-0.1, -0.05) is 0 Å². The van der Waals surface area contributed by atoms with E-state index in [1.807, 2.05) is 6.92 Å². The molecule has 0 spiro atoms. The molecule has 0 saturated carbocycles. The van der Waals surface area contributed by atoms with Gasteiger partial charge in [-0.15, -0.1) is 0 Å². The van der Waals surface area contributed by atoms with Crippen LogP contribution in [0.15, 0.2) is 0 Å². The lowest BCUT2D eigenvalue weighted by Gasteiger charge is -2.17. The van der Waals surface area contributed by atoms with E-state index in [2.05, 4.69) is 0 Å². The van der Waals surface area contributed by atoms with Crippen molar-refractivity contribution < 1.29 is 15.0 Å². The lowest BCUT2D eigenvalue weighted by Crippen LogP contribution is -2.38. The second-order valence-electron chi connectivity index (χ2n) is 3.07. The van der Waals surface area contributed by atoms with Gasteiger partial charge in [-0.25, -0.2) is 4.79 Å². The highest BCUT2D eigenvalue weighted by atomic mass is 32.2. The predicted octanol–water partition coefficient (Wildman–Crippen LogP) is -0.0976. The number of rotatable bonds is 5. The summed E-state index contributed by atoms with van der Waals surface area (Å²) in [6.45, 7) is 3.12. The molecule has 2 unspecified atom stereocenters. The summed E-state index contributed by atoms with van der Waals surface area (Å²) in [7, 11) is 0. The molecule has 0 aliphatic heterocycles. The van der Waals surface area contributed by atoms with E-state index in [1.165, 1.54) is 18.7 Å². The van der Waals surface area contributed by atoms with Crippen molar-refractivity contribution in [3.63, 3.8) is 0 Å². The molecule has 0 saturated heterocycles. The van der Waals surface area contributed by atoms with Crippen molar-refractivity contribution in [2.45, 2.75) is 25.5 Å². The Kier molecular flexibility index (Phi) is 4.59. The molecule has 0 aliphatic carbocycles. The molecule has 0 aliphatic rings. The van der Waals surface area contributed by atoms with Crippen molar-refractivity contribution in [3.05, 3.63) is 0 Å². The molecule has 0 aromatic carbocycles. The largest absolute Gasteiger partial charge is 0.479 e. The molecule has 2 atom stereocenters. The minimum absolute atomic E-state index is 0.0274. The third-order valence-electron chi connectivity index (χ3n) is 1.22. The smallest absolute Gasteiger partial charge is 0.336 e. The van der Waals surface area contributed by atoms with E-state index in [0.29, 0.717) is 5.75 Å². The molecule has 0 aromatic heterocycles. The molecular weight excluding hydrogens is 178 g/mol. The van der Waals surface area contributed by atoms with Crippen LogP contribution in [0.1, 0.15) is 13.8 Å². The van der Waals surface area contributed by atoms with E-state index in [-0.39, 0.29) is 11.8 Å². The minimum Gasteiger partial charge on any atom is -0.479 e. The highest BCUT2D eigenvalue weighted by molar-refractivity contribution is 7.99. The van der Waals surface area contributed by atoms with Gasteiger partial charge in [-0.3, -0.25) is 0 Å². The summed E-state index contributed by atoms with van der Waals surface area (Å²) in [4.78, 5) is 10.4. The van der Waals surface area contributed by atoms with E-state index >= 15 is 0 Å². The average Bonchev–Trinajstić information content (AvgIpc) is 1.85. The standard InChI is InChI=1S/C7H15NO3S/c1-5(8)3-12-4-7(2,11)6(9)10/h5,11H,3-4,8H2,1-2H3,(H,9,10). The van der Waals surface area contributed by atoms with Crippen LogP contribution in [0.3, 0.4) is 0 Å². The van der Waals surface area contributed by atoms with Crippen LogP contribution in [0, 0.1) is 0 Å². The van der Waals surface area contributed by atoms with Gasteiger partial charge in [0.05, 0.1) is 0 Å². The Morgan fingerprint density at radius 1 is 1.75 bits per heavy atom. The van der Waals surface area contributed by atoms with Gasteiger partial charge in [0.15, 0.2) is 5.60 Å². The number of thioether (sulfide) groups is 1.